The van der Waals surface area contributed by atoms with E-state index in [2.05, 4.69) is 50.9 Å². The molecule has 0 aliphatic carbocycles. The van der Waals surface area contributed by atoms with E-state index in [1.54, 1.807) is 0 Å². The van der Waals surface area contributed by atoms with Crippen LogP contribution in [0.3, 0.4) is 0 Å². The molecule has 0 amide bonds. The van der Waals surface area contributed by atoms with Crippen LogP contribution in [0.2, 0.25) is 5.02 Å². The number of nitrogens with zero attached hydrogens (tertiary/aromatic N) is 1. The predicted octanol–water partition coefficient (Wildman–Crippen LogP) is 4.50. The van der Waals surface area contributed by atoms with Crippen LogP contribution in [0.1, 0.15) is 39.7 Å². The topological polar surface area (TPSA) is 15.3 Å². The summed E-state index contributed by atoms with van der Waals surface area (Å²) in [4.78, 5) is 2.55. The molecule has 1 heterocycles. The minimum atomic E-state index is 0.506. The van der Waals surface area contributed by atoms with Crippen LogP contribution in [0.25, 0.3) is 0 Å². The molecule has 1 saturated heterocycles. The van der Waals surface area contributed by atoms with Gasteiger partial charge in [0.2, 0.25) is 0 Å². The zero-order valence-corrected chi connectivity index (χ0v) is 14.7. The molecule has 1 aromatic carbocycles. The lowest BCUT2D eigenvalue weighted by Crippen LogP contribution is -2.59. The average Bonchev–Trinajstić information content (AvgIpc) is 2.37. The lowest BCUT2D eigenvalue weighted by atomic mass is 9.93. The molecule has 1 aliphatic rings. The van der Waals surface area contributed by atoms with Crippen LogP contribution in [0.4, 0.5) is 5.69 Å². The second-order valence-corrected chi connectivity index (χ2v) is 7.51. The minimum Gasteiger partial charge on any atom is -0.364 e. The van der Waals surface area contributed by atoms with Crippen molar-refractivity contribution < 1.29 is 0 Å². The van der Waals surface area contributed by atoms with Crippen LogP contribution in [0, 0.1) is 18.8 Å². The Balaban J connectivity index is 2.30. The summed E-state index contributed by atoms with van der Waals surface area (Å²) in [7, 11) is 0. The monoisotopic (exact) mass is 308 g/mol. The molecular formula is C18H29ClN2. The Morgan fingerprint density at radius 2 is 2.00 bits per heavy atom. The van der Waals surface area contributed by atoms with Crippen molar-refractivity contribution in [2.45, 2.75) is 53.1 Å². The van der Waals surface area contributed by atoms with Crippen molar-refractivity contribution >= 4 is 17.3 Å². The molecule has 2 unspecified atom stereocenters. The maximum Gasteiger partial charge on any atom is 0.0642 e. The standard InChI is InChI=1S/C18H29ClN2/c1-12(2)9-15-11-21(17(10-20-15)13(3)4)18-14(5)7-6-8-16(18)19/h6-8,12-13,15,17,20H,9-11H2,1-5H3. The molecule has 2 rings (SSSR count). The van der Waals surface area contributed by atoms with E-state index in [9.17, 15) is 0 Å². The second kappa shape index (κ2) is 7.02. The van der Waals surface area contributed by atoms with Gasteiger partial charge in [-0.3, -0.25) is 0 Å². The number of piperazine rings is 1. The average molecular weight is 309 g/mol. The Morgan fingerprint density at radius 1 is 1.29 bits per heavy atom. The first-order chi connectivity index (χ1) is 9.90. The van der Waals surface area contributed by atoms with E-state index in [1.807, 2.05) is 12.1 Å². The molecule has 3 heteroatoms. The molecule has 0 saturated carbocycles. The fourth-order valence-corrected chi connectivity index (χ4v) is 3.73. The Hall–Kier alpha value is -0.730. The van der Waals surface area contributed by atoms with Crippen LogP contribution < -0.4 is 10.2 Å². The maximum atomic E-state index is 6.52. The largest absolute Gasteiger partial charge is 0.364 e. The summed E-state index contributed by atoms with van der Waals surface area (Å²) in [6.07, 6.45) is 1.21. The van der Waals surface area contributed by atoms with Crippen LogP contribution in [-0.2, 0) is 0 Å². The van der Waals surface area contributed by atoms with Gasteiger partial charge in [-0.15, -0.1) is 0 Å². The number of para-hydroxylation sites is 1. The van der Waals surface area contributed by atoms with Crippen molar-refractivity contribution in [1.29, 1.82) is 0 Å². The molecule has 0 bridgehead atoms. The zero-order chi connectivity index (χ0) is 15.6. The third-order valence-electron chi connectivity index (χ3n) is 4.43. The van der Waals surface area contributed by atoms with Gasteiger partial charge in [0.05, 0.1) is 10.7 Å². The van der Waals surface area contributed by atoms with E-state index in [0.717, 1.165) is 18.1 Å². The highest BCUT2D eigenvalue weighted by Crippen LogP contribution is 2.34. The summed E-state index contributed by atoms with van der Waals surface area (Å²) in [6.45, 7) is 13.4. The minimum absolute atomic E-state index is 0.506. The van der Waals surface area contributed by atoms with Gasteiger partial charge in [0.15, 0.2) is 0 Å². The highest BCUT2D eigenvalue weighted by molar-refractivity contribution is 6.33. The summed E-state index contributed by atoms with van der Waals surface area (Å²) in [5, 5.41) is 4.62. The van der Waals surface area contributed by atoms with Crippen molar-refractivity contribution in [1.82, 2.24) is 5.32 Å². The third kappa shape index (κ3) is 3.92. The number of hydrogen-bond donors (Lipinski definition) is 1. The molecule has 1 N–H and O–H groups in total. The molecule has 0 aromatic heterocycles. The van der Waals surface area contributed by atoms with Gasteiger partial charge in [-0.25, -0.2) is 0 Å². The van der Waals surface area contributed by atoms with Gasteiger partial charge in [0.25, 0.3) is 0 Å². The van der Waals surface area contributed by atoms with Gasteiger partial charge < -0.3 is 10.2 Å². The first kappa shape index (κ1) is 16.6. The fraction of sp³-hybridized carbons (Fsp3) is 0.667. The first-order valence-electron chi connectivity index (χ1n) is 8.15. The van der Waals surface area contributed by atoms with E-state index in [4.69, 9.17) is 11.6 Å². The molecule has 0 radical (unpaired) electrons. The number of aryl methyl sites for hydroxylation is 1. The van der Waals surface area contributed by atoms with Gasteiger partial charge in [-0.2, -0.15) is 0 Å². The Bertz CT molecular complexity index is 450. The van der Waals surface area contributed by atoms with Gasteiger partial charge in [0, 0.05) is 25.2 Å². The van der Waals surface area contributed by atoms with Crippen molar-refractivity contribution in [3.63, 3.8) is 0 Å². The van der Waals surface area contributed by atoms with E-state index in [1.165, 1.54) is 17.7 Å². The van der Waals surface area contributed by atoms with Gasteiger partial charge >= 0.3 is 0 Å². The summed E-state index contributed by atoms with van der Waals surface area (Å²) in [5.41, 5.74) is 2.51. The highest BCUT2D eigenvalue weighted by atomic mass is 35.5. The number of benzene rings is 1. The van der Waals surface area contributed by atoms with Crippen molar-refractivity contribution in [3.8, 4) is 0 Å². The summed E-state index contributed by atoms with van der Waals surface area (Å²) in [6, 6.07) is 7.28. The normalized spacial score (nSPS) is 23.1. The lowest BCUT2D eigenvalue weighted by Gasteiger charge is -2.45. The van der Waals surface area contributed by atoms with Crippen LogP contribution >= 0.6 is 11.6 Å². The Morgan fingerprint density at radius 3 is 2.57 bits per heavy atom. The fourth-order valence-electron chi connectivity index (χ4n) is 3.40. The SMILES string of the molecule is Cc1cccc(Cl)c1N1CC(CC(C)C)NCC1C(C)C. The molecule has 2 nitrogen and oxygen atoms in total. The van der Waals surface area contributed by atoms with Crippen LogP contribution in [-0.4, -0.2) is 25.2 Å². The van der Waals surface area contributed by atoms with Crippen LogP contribution in [0.5, 0.6) is 0 Å². The predicted molar refractivity (Wildman–Crippen MR) is 93.4 cm³/mol. The van der Waals surface area contributed by atoms with E-state index in [0.29, 0.717) is 23.9 Å². The van der Waals surface area contributed by atoms with E-state index >= 15 is 0 Å². The number of rotatable bonds is 4. The Kier molecular flexibility index (Phi) is 5.56. The molecule has 1 aliphatic heterocycles. The van der Waals surface area contributed by atoms with Crippen molar-refractivity contribution in [2.75, 3.05) is 18.0 Å². The first-order valence-corrected chi connectivity index (χ1v) is 8.53. The number of hydrogen-bond acceptors (Lipinski definition) is 2. The summed E-state index contributed by atoms with van der Waals surface area (Å²) >= 11 is 6.52. The summed E-state index contributed by atoms with van der Waals surface area (Å²) < 4.78 is 0. The van der Waals surface area contributed by atoms with Gasteiger partial charge in [0.1, 0.15) is 0 Å². The molecule has 0 spiro atoms. The number of anilines is 1. The third-order valence-corrected chi connectivity index (χ3v) is 4.74. The molecular weight excluding hydrogens is 280 g/mol. The summed E-state index contributed by atoms with van der Waals surface area (Å²) in [5.74, 6) is 1.32. The Labute approximate surface area is 134 Å². The highest BCUT2D eigenvalue weighted by Gasteiger charge is 2.31. The number of nitrogens with one attached hydrogen (secondary N) is 1. The zero-order valence-electron chi connectivity index (χ0n) is 14.0. The van der Waals surface area contributed by atoms with E-state index in [-0.39, 0.29) is 0 Å². The quantitative estimate of drug-likeness (QED) is 0.881. The maximum absolute atomic E-state index is 6.52. The molecule has 1 fully saturated rings. The molecule has 21 heavy (non-hydrogen) atoms. The molecule has 2 atom stereocenters. The lowest BCUT2D eigenvalue weighted by molar-refractivity contribution is 0.310. The van der Waals surface area contributed by atoms with E-state index < -0.39 is 0 Å². The molecule has 1 aromatic rings. The van der Waals surface area contributed by atoms with Gasteiger partial charge in [-0.1, -0.05) is 51.4 Å². The smallest absolute Gasteiger partial charge is 0.0642 e. The van der Waals surface area contributed by atoms with Gasteiger partial charge in [-0.05, 0) is 36.8 Å². The van der Waals surface area contributed by atoms with Crippen molar-refractivity contribution in [2.24, 2.45) is 11.8 Å². The second-order valence-electron chi connectivity index (χ2n) is 7.10. The molecule has 118 valence electrons. The van der Waals surface area contributed by atoms with Crippen molar-refractivity contribution in [3.05, 3.63) is 28.8 Å². The van der Waals surface area contributed by atoms with Crippen LogP contribution in [0.15, 0.2) is 18.2 Å². The number of halogens is 1.